The molecule has 1 aromatic rings. The van der Waals surface area contributed by atoms with Gasteiger partial charge in [0.1, 0.15) is 5.82 Å². The van der Waals surface area contributed by atoms with Crippen molar-refractivity contribution < 1.29 is 4.74 Å². The van der Waals surface area contributed by atoms with E-state index in [2.05, 4.69) is 15.3 Å². The molecule has 4 nitrogen and oxygen atoms in total. The second-order valence-electron chi connectivity index (χ2n) is 5.44. The minimum atomic E-state index is 0.379. The molecule has 0 atom stereocenters. The zero-order valence-electron chi connectivity index (χ0n) is 10.8. The molecule has 1 aliphatic heterocycles. The van der Waals surface area contributed by atoms with E-state index in [4.69, 9.17) is 4.74 Å². The molecule has 4 heteroatoms. The highest BCUT2D eigenvalue weighted by Gasteiger charge is 2.19. The molecule has 1 aliphatic carbocycles. The van der Waals surface area contributed by atoms with E-state index in [9.17, 15) is 0 Å². The van der Waals surface area contributed by atoms with Gasteiger partial charge in [0.2, 0.25) is 0 Å². The van der Waals surface area contributed by atoms with E-state index in [0.717, 1.165) is 37.0 Å². The molecular formula is C14H21N3O. The summed E-state index contributed by atoms with van der Waals surface area (Å²) in [5.41, 5.74) is 0. The molecule has 0 bridgehead atoms. The smallest absolute Gasteiger partial charge is 0.156 e. The Labute approximate surface area is 108 Å². The van der Waals surface area contributed by atoms with Crippen molar-refractivity contribution in [2.24, 2.45) is 5.92 Å². The Bertz CT molecular complexity index is 369. The van der Waals surface area contributed by atoms with Crippen molar-refractivity contribution in [3.63, 3.8) is 0 Å². The molecule has 0 radical (unpaired) electrons. The van der Waals surface area contributed by atoms with Gasteiger partial charge in [0.25, 0.3) is 0 Å². The Kier molecular flexibility index (Phi) is 3.74. The van der Waals surface area contributed by atoms with Gasteiger partial charge in [-0.25, -0.2) is 9.97 Å². The van der Waals surface area contributed by atoms with Gasteiger partial charge in [0.15, 0.2) is 5.75 Å². The standard InChI is InChI=1S/C14H21N3O/c1-2-4-12(5-3-1)18-13-9-16-14(17-10-13)6-11-7-15-8-11/h9-12,15H,1-8H2. The van der Waals surface area contributed by atoms with Crippen LogP contribution in [0, 0.1) is 5.92 Å². The first-order chi connectivity index (χ1) is 8.90. The summed E-state index contributed by atoms with van der Waals surface area (Å²) in [5, 5.41) is 3.27. The summed E-state index contributed by atoms with van der Waals surface area (Å²) in [7, 11) is 0. The van der Waals surface area contributed by atoms with Crippen molar-refractivity contribution in [3.8, 4) is 5.75 Å². The summed E-state index contributed by atoms with van der Waals surface area (Å²) in [6, 6.07) is 0. The second kappa shape index (κ2) is 5.65. The maximum Gasteiger partial charge on any atom is 0.156 e. The minimum Gasteiger partial charge on any atom is -0.487 e. The molecule has 98 valence electrons. The summed E-state index contributed by atoms with van der Waals surface area (Å²) in [6.07, 6.45) is 11.3. The fraction of sp³-hybridized carbons (Fsp3) is 0.714. The molecular weight excluding hydrogens is 226 g/mol. The van der Waals surface area contributed by atoms with Crippen molar-refractivity contribution in [1.29, 1.82) is 0 Å². The van der Waals surface area contributed by atoms with Crippen LogP contribution in [0.4, 0.5) is 0 Å². The lowest BCUT2D eigenvalue weighted by Gasteiger charge is -2.26. The number of hydrogen-bond acceptors (Lipinski definition) is 4. The molecule has 2 aliphatic rings. The SMILES string of the molecule is c1nc(CC2CNC2)ncc1OC1CCCCC1. The summed E-state index contributed by atoms with van der Waals surface area (Å²) in [6.45, 7) is 2.20. The van der Waals surface area contributed by atoms with E-state index in [1.165, 1.54) is 32.1 Å². The quantitative estimate of drug-likeness (QED) is 0.883. The van der Waals surface area contributed by atoms with Gasteiger partial charge in [-0.1, -0.05) is 6.42 Å². The van der Waals surface area contributed by atoms with E-state index >= 15 is 0 Å². The Morgan fingerprint density at radius 2 is 1.83 bits per heavy atom. The Balaban J connectivity index is 1.52. The molecule has 18 heavy (non-hydrogen) atoms. The van der Waals surface area contributed by atoms with Crippen LogP contribution in [0.15, 0.2) is 12.4 Å². The predicted octanol–water partition coefficient (Wildman–Crippen LogP) is 1.95. The third-order valence-corrected chi connectivity index (χ3v) is 3.87. The van der Waals surface area contributed by atoms with Crippen molar-refractivity contribution in [3.05, 3.63) is 18.2 Å². The van der Waals surface area contributed by atoms with E-state index in [-0.39, 0.29) is 0 Å². The van der Waals surface area contributed by atoms with Crippen LogP contribution in [0.1, 0.15) is 37.9 Å². The average molecular weight is 247 g/mol. The van der Waals surface area contributed by atoms with Crippen LogP contribution in [0.25, 0.3) is 0 Å². The maximum atomic E-state index is 5.92. The monoisotopic (exact) mass is 247 g/mol. The van der Waals surface area contributed by atoms with Crippen LogP contribution in [-0.4, -0.2) is 29.2 Å². The zero-order chi connectivity index (χ0) is 12.2. The number of nitrogens with one attached hydrogen (secondary N) is 1. The lowest BCUT2D eigenvalue weighted by atomic mass is 9.98. The molecule has 3 rings (SSSR count). The maximum absolute atomic E-state index is 5.92. The molecule has 2 fully saturated rings. The van der Waals surface area contributed by atoms with Crippen LogP contribution in [0.5, 0.6) is 5.75 Å². The van der Waals surface area contributed by atoms with Crippen LogP contribution in [-0.2, 0) is 6.42 Å². The van der Waals surface area contributed by atoms with Crippen LogP contribution < -0.4 is 10.1 Å². The van der Waals surface area contributed by atoms with Gasteiger partial charge >= 0.3 is 0 Å². The van der Waals surface area contributed by atoms with E-state index in [0.29, 0.717) is 6.10 Å². The van der Waals surface area contributed by atoms with Gasteiger partial charge in [-0.3, -0.25) is 0 Å². The first-order valence-electron chi connectivity index (χ1n) is 7.08. The fourth-order valence-electron chi connectivity index (χ4n) is 2.64. The number of hydrogen-bond donors (Lipinski definition) is 1. The largest absolute Gasteiger partial charge is 0.487 e. The molecule has 0 aromatic carbocycles. The number of ether oxygens (including phenoxy) is 1. The van der Waals surface area contributed by atoms with Gasteiger partial charge in [-0.05, 0) is 44.7 Å². The van der Waals surface area contributed by atoms with Crippen molar-refractivity contribution in [2.75, 3.05) is 13.1 Å². The highest BCUT2D eigenvalue weighted by atomic mass is 16.5. The Morgan fingerprint density at radius 1 is 1.11 bits per heavy atom. The highest BCUT2D eigenvalue weighted by molar-refractivity contribution is 5.13. The molecule has 2 heterocycles. The van der Waals surface area contributed by atoms with Crippen molar-refractivity contribution >= 4 is 0 Å². The molecule has 1 aromatic heterocycles. The summed E-state index contributed by atoms with van der Waals surface area (Å²) in [4.78, 5) is 8.80. The molecule has 1 saturated carbocycles. The third kappa shape index (κ3) is 2.99. The van der Waals surface area contributed by atoms with Crippen molar-refractivity contribution in [2.45, 2.75) is 44.6 Å². The van der Waals surface area contributed by atoms with Gasteiger partial charge in [-0.2, -0.15) is 0 Å². The molecule has 1 saturated heterocycles. The third-order valence-electron chi connectivity index (χ3n) is 3.87. The van der Waals surface area contributed by atoms with Gasteiger partial charge in [0.05, 0.1) is 18.5 Å². The summed E-state index contributed by atoms with van der Waals surface area (Å²) < 4.78 is 5.92. The van der Waals surface area contributed by atoms with E-state index in [1.807, 2.05) is 12.4 Å². The van der Waals surface area contributed by atoms with Crippen molar-refractivity contribution in [1.82, 2.24) is 15.3 Å². The minimum absolute atomic E-state index is 0.379. The first-order valence-corrected chi connectivity index (χ1v) is 7.08. The van der Waals surface area contributed by atoms with E-state index in [1.54, 1.807) is 0 Å². The van der Waals surface area contributed by atoms with Crippen LogP contribution in [0.3, 0.4) is 0 Å². The lowest BCUT2D eigenvalue weighted by molar-refractivity contribution is 0.153. The Morgan fingerprint density at radius 3 is 2.44 bits per heavy atom. The normalized spacial score (nSPS) is 21.6. The molecule has 0 unspecified atom stereocenters. The first kappa shape index (κ1) is 11.9. The summed E-state index contributed by atoms with van der Waals surface area (Å²) in [5.74, 6) is 2.49. The average Bonchev–Trinajstić information content (AvgIpc) is 2.37. The van der Waals surface area contributed by atoms with E-state index < -0.39 is 0 Å². The topological polar surface area (TPSA) is 47.0 Å². The second-order valence-corrected chi connectivity index (χ2v) is 5.44. The Hall–Kier alpha value is -1.16. The van der Waals surface area contributed by atoms with Gasteiger partial charge in [0, 0.05) is 6.42 Å². The number of rotatable bonds is 4. The van der Waals surface area contributed by atoms with Gasteiger partial charge in [-0.15, -0.1) is 0 Å². The molecule has 0 spiro atoms. The number of nitrogens with zero attached hydrogens (tertiary/aromatic N) is 2. The zero-order valence-corrected chi connectivity index (χ0v) is 10.8. The highest BCUT2D eigenvalue weighted by Crippen LogP contribution is 2.22. The van der Waals surface area contributed by atoms with Crippen LogP contribution >= 0.6 is 0 Å². The van der Waals surface area contributed by atoms with Gasteiger partial charge < -0.3 is 10.1 Å². The fourth-order valence-corrected chi connectivity index (χ4v) is 2.64. The summed E-state index contributed by atoms with van der Waals surface area (Å²) >= 11 is 0. The number of aromatic nitrogens is 2. The van der Waals surface area contributed by atoms with Crippen LogP contribution in [0.2, 0.25) is 0 Å². The molecule has 0 amide bonds. The lowest BCUT2D eigenvalue weighted by Crippen LogP contribution is -2.43. The molecule has 1 N–H and O–H groups in total. The predicted molar refractivity (Wildman–Crippen MR) is 69.6 cm³/mol.